The normalized spacial score (nSPS) is 20.7. The molecule has 0 spiro atoms. The van der Waals surface area contributed by atoms with Gasteiger partial charge in [-0.3, -0.25) is 9.11 Å². The second-order valence-electron chi connectivity index (χ2n) is 5.52. The molecule has 2 aliphatic rings. The Labute approximate surface area is 147 Å². The number of hydrogen-bond donors (Lipinski definition) is 4. The monoisotopic (exact) mass is 412 g/mol. The SMILES string of the molecule is CN1CCNCC1.CN1CCNCC1.O=S(=O)(O)C(F)(F)S(=O)(=O)O. The fourth-order valence-corrected chi connectivity index (χ4v) is 2.75. The van der Waals surface area contributed by atoms with Crippen LogP contribution in [0.15, 0.2) is 0 Å². The maximum atomic E-state index is 11.8. The summed E-state index contributed by atoms with van der Waals surface area (Å²) in [7, 11) is -7.96. The number of piperazine rings is 2. The largest absolute Gasteiger partial charge is 0.495 e. The molecule has 2 fully saturated rings. The van der Waals surface area contributed by atoms with E-state index in [0.29, 0.717) is 0 Å². The quantitative estimate of drug-likeness (QED) is 0.390. The van der Waals surface area contributed by atoms with Gasteiger partial charge in [-0.1, -0.05) is 0 Å². The van der Waals surface area contributed by atoms with Crippen molar-refractivity contribution in [1.82, 2.24) is 20.4 Å². The molecule has 4 N–H and O–H groups in total. The molecule has 0 atom stereocenters. The van der Waals surface area contributed by atoms with Gasteiger partial charge in [-0.2, -0.15) is 25.6 Å². The Balaban J connectivity index is 0.000000358. The van der Waals surface area contributed by atoms with Crippen molar-refractivity contribution in [3.63, 3.8) is 0 Å². The molecule has 0 aromatic rings. The molecule has 2 rings (SSSR count). The summed E-state index contributed by atoms with van der Waals surface area (Å²) in [6, 6.07) is 0. The van der Waals surface area contributed by atoms with Crippen molar-refractivity contribution in [2.45, 2.75) is 4.59 Å². The van der Waals surface area contributed by atoms with Gasteiger partial charge in [0.25, 0.3) is 0 Å². The van der Waals surface area contributed by atoms with Crippen LogP contribution in [0.25, 0.3) is 0 Å². The number of hydrogen-bond acceptors (Lipinski definition) is 8. The van der Waals surface area contributed by atoms with Gasteiger partial charge in [0, 0.05) is 52.4 Å². The van der Waals surface area contributed by atoms with Gasteiger partial charge >= 0.3 is 24.8 Å². The van der Waals surface area contributed by atoms with E-state index in [0.717, 1.165) is 26.2 Å². The van der Waals surface area contributed by atoms with Crippen LogP contribution in [0.1, 0.15) is 0 Å². The molecule has 10 nitrogen and oxygen atoms in total. The summed E-state index contributed by atoms with van der Waals surface area (Å²) < 4.78 is 71.3. The van der Waals surface area contributed by atoms with E-state index in [2.05, 4.69) is 34.5 Å². The second-order valence-corrected chi connectivity index (χ2v) is 8.70. The Morgan fingerprint density at radius 1 is 0.760 bits per heavy atom. The van der Waals surface area contributed by atoms with Gasteiger partial charge in [-0.15, -0.1) is 0 Å². The number of halogens is 2. The number of nitrogens with one attached hydrogen (secondary N) is 2. The molecule has 14 heteroatoms. The van der Waals surface area contributed by atoms with Crippen molar-refractivity contribution in [3.8, 4) is 0 Å². The third kappa shape index (κ3) is 9.69. The molecule has 2 saturated heterocycles. The smallest absolute Gasteiger partial charge is 0.314 e. The number of nitrogens with zero attached hydrogens (tertiary/aromatic N) is 2. The van der Waals surface area contributed by atoms with Crippen LogP contribution >= 0.6 is 0 Å². The van der Waals surface area contributed by atoms with Crippen LogP contribution in [0, 0.1) is 0 Å². The number of alkyl halides is 2. The molecule has 25 heavy (non-hydrogen) atoms. The van der Waals surface area contributed by atoms with Gasteiger partial charge < -0.3 is 20.4 Å². The van der Waals surface area contributed by atoms with Crippen LogP contribution in [0.4, 0.5) is 8.78 Å². The molecular formula is C11H26F2N4O6S2. The summed E-state index contributed by atoms with van der Waals surface area (Å²) in [6.45, 7) is 9.49. The standard InChI is InChI=1S/2C5H12N2.CH2F2O6S2/c2*1-7-4-2-6-3-5-7;2-1(3,10(4,5)6)11(7,8)9/h2*6H,2-5H2,1H3;(H,4,5,6)(H,7,8,9). The minimum absolute atomic E-state index is 1.16. The number of likely N-dealkylation sites (N-methyl/N-ethyl adjacent to an activating group) is 2. The van der Waals surface area contributed by atoms with Crippen molar-refractivity contribution in [2.75, 3.05) is 66.5 Å². The van der Waals surface area contributed by atoms with Crippen LogP contribution in [-0.4, -0.2) is 107 Å². The molecule has 0 unspecified atom stereocenters. The highest BCUT2D eigenvalue weighted by Crippen LogP contribution is 2.25. The third-order valence-electron chi connectivity index (χ3n) is 3.28. The zero-order valence-electron chi connectivity index (χ0n) is 14.2. The van der Waals surface area contributed by atoms with Gasteiger partial charge in [-0.05, 0) is 14.1 Å². The third-order valence-corrected chi connectivity index (χ3v) is 5.75. The van der Waals surface area contributed by atoms with E-state index in [1.165, 1.54) is 26.2 Å². The van der Waals surface area contributed by atoms with Gasteiger partial charge in [-0.25, -0.2) is 0 Å². The van der Waals surface area contributed by atoms with Crippen molar-refractivity contribution in [1.29, 1.82) is 0 Å². The van der Waals surface area contributed by atoms with Gasteiger partial charge in [0.15, 0.2) is 0 Å². The van der Waals surface area contributed by atoms with E-state index in [4.69, 9.17) is 9.11 Å². The molecule has 2 aliphatic heterocycles. The molecule has 152 valence electrons. The topological polar surface area (TPSA) is 139 Å². The second kappa shape index (κ2) is 10.6. The Hall–Kier alpha value is -0.480. The Kier molecular flexibility index (Phi) is 10.4. The van der Waals surface area contributed by atoms with Crippen LogP contribution in [0.3, 0.4) is 0 Å². The Morgan fingerprint density at radius 3 is 1.08 bits per heavy atom. The first-order chi connectivity index (χ1) is 11.3. The average Bonchev–Trinajstić information content (AvgIpc) is 2.48. The van der Waals surface area contributed by atoms with Crippen molar-refractivity contribution in [2.24, 2.45) is 0 Å². The molecule has 0 aromatic heterocycles. The lowest BCUT2D eigenvalue weighted by atomic mass is 10.4. The van der Waals surface area contributed by atoms with Crippen molar-refractivity contribution in [3.05, 3.63) is 0 Å². The Bertz CT molecular complexity index is 525. The lowest BCUT2D eigenvalue weighted by Gasteiger charge is -2.21. The molecule has 2 heterocycles. The minimum atomic E-state index is -6.13. The first-order valence-corrected chi connectivity index (χ1v) is 10.3. The Morgan fingerprint density at radius 2 is 1.00 bits per heavy atom. The van der Waals surface area contributed by atoms with Crippen LogP contribution in [0.2, 0.25) is 0 Å². The predicted molar refractivity (Wildman–Crippen MR) is 88.8 cm³/mol. The maximum Gasteiger partial charge on any atom is 0.495 e. The van der Waals surface area contributed by atoms with E-state index < -0.39 is 24.8 Å². The molecule has 0 aliphatic carbocycles. The van der Waals surface area contributed by atoms with Gasteiger partial charge in [0.1, 0.15) is 0 Å². The van der Waals surface area contributed by atoms with Gasteiger partial charge in [0.05, 0.1) is 0 Å². The first kappa shape index (κ1) is 24.5. The predicted octanol–water partition coefficient (Wildman–Crippen LogP) is -1.64. The van der Waals surface area contributed by atoms with E-state index in [-0.39, 0.29) is 0 Å². The lowest BCUT2D eigenvalue weighted by molar-refractivity contribution is 0.153. The maximum absolute atomic E-state index is 11.8. The van der Waals surface area contributed by atoms with E-state index >= 15 is 0 Å². The first-order valence-electron chi connectivity index (χ1n) is 7.39. The van der Waals surface area contributed by atoms with E-state index in [9.17, 15) is 25.6 Å². The summed E-state index contributed by atoms with van der Waals surface area (Å²) >= 11 is 0. The highest BCUT2D eigenvalue weighted by molar-refractivity contribution is 8.04. The molecular weight excluding hydrogens is 386 g/mol. The highest BCUT2D eigenvalue weighted by Gasteiger charge is 2.57. The molecule has 0 aromatic carbocycles. The zero-order chi connectivity index (χ0) is 19.7. The van der Waals surface area contributed by atoms with Crippen LogP contribution in [-0.2, 0) is 20.2 Å². The van der Waals surface area contributed by atoms with Crippen molar-refractivity contribution >= 4 is 20.2 Å². The molecule has 0 saturated carbocycles. The summed E-state index contributed by atoms with van der Waals surface area (Å²) in [6.07, 6.45) is 0. The van der Waals surface area contributed by atoms with Crippen LogP contribution in [0.5, 0.6) is 0 Å². The number of rotatable bonds is 2. The summed E-state index contributed by atoms with van der Waals surface area (Å²) in [5.74, 6) is 0. The molecule has 0 amide bonds. The summed E-state index contributed by atoms with van der Waals surface area (Å²) in [5.41, 5.74) is 0. The highest BCUT2D eigenvalue weighted by atomic mass is 32.3. The summed E-state index contributed by atoms with van der Waals surface area (Å²) in [5, 5.41) is 6.55. The van der Waals surface area contributed by atoms with E-state index in [1.807, 2.05) is 0 Å². The fraction of sp³-hybridized carbons (Fsp3) is 1.00. The molecule has 0 radical (unpaired) electrons. The van der Waals surface area contributed by atoms with E-state index in [1.54, 1.807) is 0 Å². The lowest BCUT2D eigenvalue weighted by Crippen LogP contribution is -2.40. The fourth-order valence-electron chi connectivity index (χ4n) is 1.69. The minimum Gasteiger partial charge on any atom is -0.314 e. The molecule has 0 bridgehead atoms. The zero-order valence-corrected chi connectivity index (χ0v) is 15.8. The van der Waals surface area contributed by atoms with Gasteiger partial charge in [0.2, 0.25) is 0 Å². The van der Waals surface area contributed by atoms with Crippen LogP contribution < -0.4 is 10.6 Å². The average molecular weight is 412 g/mol. The summed E-state index contributed by atoms with van der Waals surface area (Å²) in [4.78, 5) is 4.66. The van der Waals surface area contributed by atoms with Crippen molar-refractivity contribution < 1.29 is 34.7 Å².